The van der Waals surface area contributed by atoms with Gasteiger partial charge in [-0.2, -0.15) is 4.31 Å². The lowest BCUT2D eigenvalue weighted by Crippen LogP contribution is -2.45. The first-order valence-electron chi connectivity index (χ1n) is 9.90. The minimum absolute atomic E-state index is 0.145. The summed E-state index contributed by atoms with van der Waals surface area (Å²) in [5.41, 5.74) is 1.88. The van der Waals surface area contributed by atoms with Crippen molar-refractivity contribution in [1.29, 1.82) is 0 Å². The van der Waals surface area contributed by atoms with Crippen molar-refractivity contribution < 1.29 is 22.7 Å². The lowest BCUT2D eigenvalue weighted by Gasteiger charge is -2.31. The van der Waals surface area contributed by atoms with Crippen LogP contribution in [0.15, 0.2) is 47.4 Å². The number of hydrogen-bond acceptors (Lipinski definition) is 5. The number of carbonyl (C=O) groups is 1. The first-order chi connectivity index (χ1) is 14.3. The molecular formula is C22H28N2O5S. The average Bonchev–Trinajstić information content (AvgIpc) is 2.77. The second-order valence-corrected chi connectivity index (χ2v) is 9.36. The average molecular weight is 433 g/mol. The molecule has 0 aromatic heterocycles. The van der Waals surface area contributed by atoms with Crippen LogP contribution in [0.2, 0.25) is 0 Å². The highest BCUT2D eigenvalue weighted by molar-refractivity contribution is 7.89. The number of amides is 1. The molecule has 0 saturated carbocycles. The van der Waals surface area contributed by atoms with Crippen molar-refractivity contribution in [3.8, 4) is 11.5 Å². The highest BCUT2D eigenvalue weighted by Crippen LogP contribution is 2.28. The summed E-state index contributed by atoms with van der Waals surface area (Å²) in [6.45, 7) is 2.86. The van der Waals surface area contributed by atoms with Gasteiger partial charge >= 0.3 is 0 Å². The zero-order chi connectivity index (χ0) is 21.7. The van der Waals surface area contributed by atoms with Gasteiger partial charge in [0.2, 0.25) is 15.9 Å². The number of aryl methyl sites for hydroxylation is 1. The van der Waals surface area contributed by atoms with Gasteiger partial charge in [0, 0.05) is 19.6 Å². The zero-order valence-corrected chi connectivity index (χ0v) is 18.4. The number of rotatable bonds is 7. The number of hydrogen-bond donors (Lipinski definition) is 1. The van der Waals surface area contributed by atoms with Gasteiger partial charge in [-0.1, -0.05) is 23.8 Å². The molecule has 1 N–H and O–H groups in total. The van der Waals surface area contributed by atoms with E-state index in [0.29, 0.717) is 37.4 Å². The van der Waals surface area contributed by atoms with Gasteiger partial charge in [-0.3, -0.25) is 4.79 Å². The van der Waals surface area contributed by atoms with Crippen LogP contribution in [0.4, 0.5) is 0 Å². The SMILES string of the molecule is COc1ccc(CNC(=O)[C@H]2CCCN(S(=O)(=O)c3ccc(C)cc3)C2)cc1OC. The van der Waals surface area contributed by atoms with E-state index in [0.717, 1.165) is 11.1 Å². The van der Waals surface area contributed by atoms with Crippen molar-refractivity contribution in [2.24, 2.45) is 5.92 Å². The summed E-state index contributed by atoms with van der Waals surface area (Å²) >= 11 is 0. The molecule has 162 valence electrons. The number of nitrogens with one attached hydrogen (secondary N) is 1. The third kappa shape index (κ3) is 4.94. The van der Waals surface area contributed by atoms with Crippen LogP contribution >= 0.6 is 0 Å². The van der Waals surface area contributed by atoms with Gasteiger partial charge in [0.1, 0.15) is 0 Å². The Morgan fingerprint density at radius 1 is 1.10 bits per heavy atom. The van der Waals surface area contributed by atoms with Gasteiger partial charge in [0.05, 0.1) is 25.0 Å². The maximum absolute atomic E-state index is 12.9. The molecule has 2 aromatic rings. The Morgan fingerprint density at radius 2 is 1.80 bits per heavy atom. The molecular weight excluding hydrogens is 404 g/mol. The Balaban J connectivity index is 1.64. The van der Waals surface area contributed by atoms with Crippen LogP contribution in [-0.4, -0.2) is 45.9 Å². The number of nitrogens with zero attached hydrogens (tertiary/aromatic N) is 1. The van der Waals surface area contributed by atoms with Crippen molar-refractivity contribution in [3.05, 3.63) is 53.6 Å². The number of piperidine rings is 1. The highest BCUT2D eigenvalue weighted by Gasteiger charge is 2.33. The van der Waals surface area contributed by atoms with Crippen LogP contribution in [0.3, 0.4) is 0 Å². The summed E-state index contributed by atoms with van der Waals surface area (Å²) in [6, 6.07) is 12.3. The van der Waals surface area contributed by atoms with Crippen LogP contribution in [0.5, 0.6) is 11.5 Å². The van der Waals surface area contributed by atoms with E-state index in [-0.39, 0.29) is 23.3 Å². The lowest BCUT2D eigenvalue weighted by atomic mass is 9.98. The zero-order valence-electron chi connectivity index (χ0n) is 17.6. The molecule has 0 unspecified atom stereocenters. The predicted molar refractivity (Wildman–Crippen MR) is 114 cm³/mol. The summed E-state index contributed by atoms with van der Waals surface area (Å²) in [5, 5.41) is 2.92. The molecule has 8 heteroatoms. The molecule has 1 aliphatic rings. The van der Waals surface area contributed by atoms with E-state index in [1.807, 2.05) is 19.1 Å². The minimum atomic E-state index is -3.61. The maximum atomic E-state index is 12.9. The summed E-state index contributed by atoms with van der Waals surface area (Å²) in [5.74, 6) is 0.696. The fourth-order valence-corrected chi connectivity index (χ4v) is 5.08. The highest BCUT2D eigenvalue weighted by atomic mass is 32.2. The molecule has 1 fully saturated rings. The topological polar surface area (TPSA) is 84.9 Å². The van der Waals surface area contributed by atoms with E-state index in [4.69, 9.17) is 9.47 Å². The lowest BCUT2D eigenvalue weighted by molar-refractivity contribution is -0.126. The molecule has 0 radical (unpaired) electrons. The van der Waals surface area contributed by atoms with Gasteiger partial charge in [0.15, 0.2) is 11.5 Å². The molecule has 30 heavy (non-hydrogen) atoms. The van der Waals surface area contributed by atoms with E-state index in [1.54, 1.807) is 44.6 Å². The van der Waals surface area contributed by atoms with Crippen molar-refractivity contribution in [3.63, 3.8) is 0 Å². The Bertz CT molecular complexity index is 989. The Morgan fingerprint density at radius 3 is 2.47 bits per heavy atom. The van der Waals surface area contributed by atoms with Crippen LogP contribution in [-0.2, 0) is 21.4 Å². The normalized spacial score (nSPS) is 17.4. The van der Waals surface area contributed by atoms with Gasteiger partial charge < -0.3 is 14.8 Å². The second kappa shape index (κ2) is 9.49. The molecule has 1 amide bonds. The van der Waals surface area contributed by atoms with Crippen LogP contribution < -0.4 is 14.8 Å². The van der Waals surface area contributed by atoms with Crippen LogP contribution in [0.25, 0.3) is 0 Å². The molecule has 7 nitrogen and oxygen atoms in total. The third-order valence-corrected chi connectivity index (χ3v) is 7.21. The molecule has 1 saturated heterocycles. The van der Waals surface area contributed by atoms with Gasteiger partial charge in [-0.25, -0.2) is 8.42 Å². The van der Waals surface area contributed by atoms with Gasteiger partial charge in [-0.15, -0.1) is 0 Å². The third-order valence-electron chi connectivity index (χ3n) is 5.33. The predicted octanol–water partition coefficient (Wildman–Crippen LogP) is 2.73. The van der Waals surface area contributed by atoms with Crippen LogP contribution in [0, 0.1) is 12.8 Å². The molecule has 0 spiro atoms. The Labute approximate surface area is 178 Å². The number of sulfonamides is 1. The number of methoxy groups -OCH3 is 2. The van der Waals surface area contributed by atoms with E-state index >= 15 is 0 Å². The smallest absolute Gasteiger partial charge is 0.243 e. The Hall–Kier alpha value is -2.58. The van der Waals surface area contributed by atoms with Gasteiger partial charge in [0.25, 0.3) is 0 Å². The van der Waals surface area contributed by atoms with Crippen molar-refractivity contribution >= 4 is 15.9 Å². The molecule has 1 atom stereocenters. The van der Waals surface area contributed by atoms with Crippen molar-refractivity contribution in [2.45, 2.75) is 31.2 Å². The summed E-state index contributed by atoms with van der Waals surface area (Å²) in [4.78, 5) is 13.0. The minimum Gasteiger partial charge on any atom is -0.493 e. The molecule has 1 aliphatic heterocycles. The van der Waals surface area contributed by atoms with Crippen LogP contribution in [0.1, 0.15) is 24.0 Å². The van der Waals surface area contributed by atoms with Crippen molar-refractivity contribution in [1.82, 2.24) is 9.62 Å². The second-order valence-electron chi connectivity index (χ2n) is 7.42. The Kier molecular flexibility index (Phi) is 6.99. The number of carbonyl (C=O) groups excluding carboxylic acids is 1. The first kappa shape index (κ1) is 22.1. The summed E-state index contributed by atoms with van der Waals surface area (Å²) < 4.78 is 37.8. The first-order valence-corrected chi connectivity index (χ1v) is 11.3. The quantitative estimate of drug-likeness (QED) is 0.727. The standard InChI is InChI=1S/C22H28N2O5S/c1-16-6-9-19(10-7-16)30(26,27)24-12-4-5-18(15-24)22(25)23-14-17-8-11-20(28-2)21(13-17)29-3/h6-11,13,18H,4-5,12,14-15H2,1-3H3,(H,23,25)/t18-/m0/s1. The van der Waals surface area contributed by atoms with E-state index in [2.05, 4.69) is 5.32 Å². The van der Waals surface area contributed by atoms with Gasteiger partial charge in [-0.05, 0) is 49.6 Å². The summed E-state index contributed by atoms with van der Waals surface area (Å²) in [7, 11) is -0.477. The number of benzene rings is 2. The van der Waals surface area contributed by atoms with E-state index in [1.165, 1.54) is 4.31 Å². The fraction of sp³-hybridized carbons (Fsp3) is 0.409. The van der Waals surface area contributed by atoms with Crippen molar-refractivity contribution in [2.75, 3.05) is 27.3 Å². The van der Waals surface area contributed by atoms with E-state index < -0.39 is 10.0 Å². The monoisotopic (exact) mass is 432 g/mol. The molecule has 0 aliphatic carbocycles. The summed E-state index contributed by atoms with van der Waals surface area (Å²) in [6.07, 6.45) is 1.32. The molecule has 0 bridgehead atoms. The molecule has 2 aromatic carbocycles. The maximum Gasteiger partial charge on any atom is 0.243 e. The molecule has 1 heterocycles. The molecule has 3 rings (SSSR count). The van der Waals surface area contributed by atoms with E-state index in [9.17, 15) is 13.2 Å². The largest absolute Gasteiger partial charge is 0.493 e. The fourth-order valence-electron chi connectivity index (χ4n) is 3.56. The number of ether oxygens (including phenoxy) is 2.